The number of benzene rings is 1. The summed E-state index contributed by atoms with van der Waals surface area (Å²) < 4.78 is 23.1. The van der Waals surface area contributed by atoms with Gasteiger partial charge in [-0.3, -0.25) is 4.79 Å². The Hall–Kier alpha value is -3.42. The van der Waals surface area contributed by atoms with Crippen LogP contribution in [0.1, 0.15) is 17.2 Å². The van der Waals surface area contributed by atoms with Crippen molar-refractivity contribution in [3.63, 3.8) is 0 Å². The van der Waals surface area contributed by atoms with E-state index < -0.39 is 5.91 Å². The minimum Gasteiger partial charge on any atom is -0.360 e. The normalized spacial score (nSPS) is 11.4. The van der Waals surface area contributed by atoms with Gasteiger partial charge in [0.2, 0.25) is 0 Å². The fourth-order valence-corrected chi connectivity index (χ4v) is 2.05. The van der Waals surface area contributed by atoms with Crippen LogP contribution >= 0.6 is 0 Å². The molecule has 1 amide bonds. The SMILES string of the molecule is Cc1cc(/C(=C\Nc2cc(C)on2)C(=O)Nc2ccc(F)cc2)on1. The standard InChI is InChI=1S/C17H15FN4O3/c1-10-7-15(25-21-10)14(9-19-16-8-11(2)24-22-16)17(23)20-13-5-3-12(18)4-6-13/h3-9H,1-2H3,(H,19,22)(H,20,23)/b14-9+. The van der Waals surface area contributed by atoms with Gasteiger partial charge >= 0.3 is 0 Å². The largest absolute Gasteiger partial charge is 0.360 e. The average Bonchev–Trinajstić information content (AvgIpc) is 3.18. The molecule has 2 N–H and O–H groups in total. The molecular weight excluding hydrogens is 327 g/mol. The van der Waals surface area contributed by atoms with E-state index in [1.165, 1.54) is 30.5 Å². The van der Waals surface area contributed by atoms with E-state index in [1.54, 1.807) is 26.0 Å². The van der Waals surface area contributed by atoms with Crippen LogP contribution in [0.3, 0.4) is 0 Å². The summed E-state index contributed by atoms with van der Waals surface area (Å²) >= 11 is 0. The first-order chi connectivity index (χ1) is 12.0. The van der Waals surface area contributed by atoms with E-state index >= 15 is 0 Å². The van der Waals surface area contributed by atoms with Crippen LogP contribution in [-0.2, 0) is 4.79 Å². The number of hydrogen-bond donors (Lipinski definition) is 2. The molecule has 2 aromatic heterocycles. The van der Waals surface area contributed by atoms with E-state index in [-0.39, 0.29) is 17.2 Å². The second-order valence-corrected chi connectivity index (χ2v) is 5.32. The predicted octanol–water partition coefficient (Wildman–Crippen LogP) is 3.51. The third-order valence-corrected chi connectivity index (χ3v) is 3.23. The van der Waals surface area contributed by atoms with Crippen LogP contribution in [0.2, 0.25) is 0 Å². The lowest BCUT2D eigenvalue weighted by Gasteiger charge is -2.07. The summed E-state index contributed by atoms with van der Waals surface area (Å²) in [6.45, 7) is 3.50. The summed E-state index contributed by atoms with van der Waals surface area (Å²) in [5, 5.41) is 13.1. The van der Waals surface area contributed by atoms with Gasteiger partial charge in [-0.1, -0.05) is 10.3 Å². The van der Waals surface area contributed by atoms with E-state index in [1.807, 2.05) is 0 Å². The smallest absolute Gasteiger partial charge is 0.261 e. The topological polar surface area (TPSA) is 93.2 Å². The maximum Gasteiger partial charge on any atom is 0.261 e. The van der Waals surface area contributed by atoms with Gasteiger partial charge in [0.15, 0.2) is 11.6 Å². The Bertz CT molecular complexity index is 912. The first kappa shape index (κ1) is 16.4. The molecule has 3 rings (SSSR count). The number of nitrogens with one attached hydrogen (secondary N) is 2. The monoisotopic (exact) mass is 342 g/mol. The average molecular weight is 342 g/mol. The Kier molecular flexibility index (Phi) is 4.60. The van der Waals surface area contributed by atoms with Gasteiger partial charge in [0.25, 0.3) is 5.91 Å². The molecule has 0 aliphatic carbocycles. The Balaban J connectivity index is 1.84. The molecular formula is C17H15FN4O3. The zero-order chi connectivity index (χ0) is 17.8. The summed E-state index contributed by atoms with van der Waals surface area (Å²) in [6, 6.07) is 8.75. The molecule has 128 valence electrons. The van der Waals surface area contributed by atoms with Crippen molar-refractivity contribution < 1.29 is 18.2 Å². The number of anilines is 2. The highest BCUT2D eigenvalue weighted by atomic mass is 19.1. The molecule has 0 spiro atoms. The van der Waals surface area contributed by atoms with Crippen molar-refractivity contribution >= 4 is 23.0 Å². The van der Waals surface area contributed by atoms with Crippen molar-refractivity contribution in [1.82, 2.24) is 10.3 Å². The Labute approximate surface area is 142 Å². The first-order valence-electron chi connectivity index (χ1n) is 7.42. The van der Waals surface area contributed by atoms with Gasteiger partial charge in [0, 0.05) is 24.0 Å². The van der Waals surface area contributed by atoms with Crippen LogP contribution in [0.25, 0.3) is 5.57 Å². The van der Waals surface area contributed by atoms with Gasteiger partial charge in [0.05, 0.1) is 5.69 Å². The quantitative estimate of drug-likeness (QED) is 0.689. The van der Waals surface area contributed by atoms with Crippen molar-refractivity contribution in [3.8, 4) is 0 Å². The Morgan fingerprint density at radius 2 is 1.88 bits per heavy atom. The highest BCUT2D eigenvalue weighted by Crippen LogP contribution is 2.19. The molecule has 7 nitrogen and oxygen atoms in total. The molecule has 0 unspecified atom stereocenters. The second kappa shape index (κ2) is 7.00. The lowest BCUT2D eigenvalue weighted by atomic mass is 10.2. The summed E-state index contributed by atoms with van der Waals surface area (Å²) in [6.07, 6.45) is 1.44. The number of carbonyl (C=O) groups excluding carboxylic acids is 1. The summed E-state index contributed by atoms with van der Waals surface area (Å²) in [5.74, 6) is 0.521. The van der Waals surface area contributed by atoms with E-state index in [2.05, 4.69) is 20.9 Å². The van der Waals surface area contributed by atoms with Crippen LogP contribution in [0, 0.1) is 19.7 Å². The maximum absolute atomic E-state index is 13.0. The number of carbonyl (C=O) groups is 1. The van der Waals surface area contributed by atoms with Crippen molar-refractivity contribution in [3.05, 3.63) is 65.6 Å². The minimum absolute atomic E-state index is 0.200. The number of aromatic nitrogens is 2. The molecule has 0 atom stereocenters. The van der Waals surface area contributed by atoms with Gasteiger partial charge in [-0.05, 0) is 38.1 Å². The predicted molar refractivity (Wildman–Crippen MR) is 89.1 cm³/mol. The molecule has 0 saturated carbocycles. The van der Waals surface area contributed by atoms with Crippen molar-refractivity contribution in [2.45, 2.75) is 13.8 Å². The molecule has 1 aromatic carbocycles. The maximum atomic E-state index is 13.0. The van der Waals surface area contributed by atoms with E-state index in [0.29, 0.717) is 23.0 Å². The minimum atomic E-state index is -0.449. The first-order valence-corrected chi connectivity index (χ1v) is 7.42. The lowest BCUT2D eigenvalue weighted by molar-refractivity contribution is -0.111. The number of hydrogen-bond acceptors (Lipinski definition) is 6. The van der Waals surface area contributed by atoms with Crippen LogP contribution < -0.4 is 10.6 Å². The molecule has 2 heterocycles. The Morgan fingerprint density at radius 1 is 1.12 bits per heavy atom. The van der Waals surface area contributed by atoms with Gasteiger partial charge in [-0.25, -0.2) is 4.39 Å². The zero-order valence-electron chi connectivity index (χ0n) is 13.5. The highest BCUT2D eigenvalue weighted by Gasteiger charge is 2.17. The van der Waals surface area contributed by atoms with E-state index in [9.17, 15) is 9.18 Å². The molecule has 0 saturated heterocycles. The molecule has 3 aromatic rings. The van der Waals surface area contributed by atoms with Crippen LogP contribution in [0.4, 0.5) is 15.9 Å². The molecule has 0 aliphatic rings. The van der Waals surface area contributed by atoms with Crippen molar-refractivity contribution in [2.75, 3.05) is 10.6 Å². The molecule has 0 aliphatic heterocycles. The summed E-state index contributed by atoms with van der Waals surface area (Å²) in [5.41, 5.74) is 1.28. The molecule has 0 radical (unpaired) electrons. The van der Waals surface area contributed by atoms with Gasteiger partial charge < -0.3 is 19.7 Å². The van der Waals surface area contributed by atoms with Gasteiger partial charge in [0.1, 0.15) is 17.2 Å². The van der Waals surface area contributed by atoms with Crippen LogP contribution in [-0.4, -0.2) is 16.2 Å². The second-order valence-electron chi connectivity index (χ2n) is 5.32. The molecule has 0 bridgehead atoms. The third kappa shape index (κ3) is 4.11. The van der Waals surface area contributed by atoms with Crippen LogP contribution in [0.5, 0.6) is 0 Å². The highest BCUT2D eigenvalue weighted by molar-refractivity contribution is 6.24. The van der Waals surface area contributed by atoms with Crippen molar-refractivity contribution in [2.24, 2.45) is 0 Å². The lowest BCUT2D eigenvalue weighted by Crippen LogP contribution is -2.14. The fraction of sp³-hybridized carbons (Fsp3) is 0.118. The van der Waals surface area contributed by atoms with Crippen LogP contribution in [0.15, 0.2) is 51.6 Å². The fourth-order valence-electron chi connectivity index (χ4n) is 2.05. The van der Waals surface area contributed by atoms with Crippen molar-refractivity contribution in [1.29, 1.82) is 0 Å². The molecule has 0 fully saturated rings. The number of halogens is 1. The molecule has 25 heavy (non-hydrogen) atoms. The third-order valence-electron chi connectivity index (χ3n) is 3.23. The summed E-state index contributed by atoms with van der Waals surface area (Å²) in [4.78, 5) is 12.6. The van der Waals surface area contributed by atoms with Gasteiger partial charge in [-0.15, -0.1) is 0 Å². The van der Waals surface area contributed by atoms with E-state index in [0.717, 1.165) is 0 Å². The number of amides is 1. The summed E-state index contributed by atoms with van der Waals surface area (Å²) in [7, 11) is 0. The zero-order valence-corrected chi connectivity index (χ0v) is 13.5. The number of nitrogens with zero attached hydrogens (tertiary/aromatic N) is 2. The Morgan fingerprint density at radius 3 is 2.48 bits per heavy atom. The number of aryl methyl sites for hydroxylation is 2. The van der Waals surface area contributed by atoms with E-state index in [4.69, 9.17) is 9.05 Å². The number of rotatable bonds is 5. The van der Waals surface area contributed by atoms with Gasteiger partial charge in [-0.2, -0.15) is 0 Å². The molecule has 8 heteroatoms.